The van der Waals surface area contributed by atoms with Crippen LogP contribution in [0.5, 0.6) is 5.75 Å². The van der Waals surface area contributed by atoms with Gasteiger partial charge in [0.15, 0.2) is 0 Å². The van der Waals surface area contributed by atoms with Crippen LogP contribution in [0.2, 0.25) is 5.02 Å². The SMILES string of the molecule is COCCCNCC(O)COc1ccccc1Cl. The lowest BCUT2D eigenvalue weighted by atomic mass is 10.3. The van der Waals surface area contributed by atoms with Gasteiger partial charge in [0.1, 0.15) is 18.5 Å². The van der Waals surface area contributed by atoms with Gasteiger partial charge >= 0.3 is 0 Å². The molecular weight excluding hydrogens is 254 g/mol. The van der Waals surface area contributed by atoms with Crippen LogP contribution < -0.4 is 10.1 Å². The number of para-hydroxylation sites is 1. The highest BCUT2D eigenvalue weighted by atomic mass is 35.5. The van der Waals surface area contributed by atoms with Crippen molar-refractivity contribution < 1.29 is 14.6 Å². The standard InChI is InChI=1S/C13H20ClNO3/c1-17-8-4-7-15-9-11(16)10-18-13-6-3-2-5-12(13)14/h2-3,5-6,11,15-16H,4,7-10H2,1H3. The fourth-order valence-electron chi connectivity index (χ4n) is 1.42. The average Bonchev–Trinajstić information content (AvgIpc) is 2.37. The highest BCUT2D eigenvalue weighted by Gasteiger charge is 2.06. The molecule has 1 atom stereocenters. The molecule has 0 bridgehead atoms. The van der Waals surface area contributed by atoms with E-state index in [0.717, 1.165) is 19.6 Å². The van der Waals surface area contributed by atoms with Gasteiger partial charge < -0.3 is 19.9 Å². The first-order valence-electron chi connectivity index (χ1n) is 5.99. The minimum atomic E-state index is -0.552. The van der Waals surface area contributed by atoms with Gasteiger partial charge in [0, 0.05) is 20.3 Å². The van der Waals surface area contributed by atoms with Crippen LogP contribution in [0.3, 0.4) is 0 Å². The van der Waals surface area contributed by atoms with Crippen LogP contribution >= 0.6 is 11.6 Å². The number of hydrogen-bond acceptors (Lipinski definition) is 4. The Morgan fingerprint density at radius 2 is 2.17 bits per heavy atom. The van der Waals surface area contributed by atoms with Gasteiger partial charge in [-0.05, 0) is 25.1 Å². The van der Waals surface area contributed by atoms with Crippen molar-refractivity contribution in [3.8, 4) is 5.75 Å². The molecule has 0 aliphatic rings. The van der Waals surface area contributed by atoms with E-state index in [0.29, 0.717) is 17.3 Å². The highest BCUT2D eigenvalue weighted by molar-refractivity contribution is 6.32. The van der Waals surface area contributed by atoms with Gasteiger partial charge in [-0.25, -0.2) is 0 Å². The molecule has 0 heterocycles. The maximum Gasteiger partial charge on any atom is 0.138 e. The molecular formula is C13H20ClNO3. The summed E-state index contributed by atoms with van der Waals surface area (Å²) >= 11 is 5.93. The van der Waals surface area contributed by atoms with E-state index in [1.54, 1.807) is 19.2 Å². The molecule has 4 nitrogen and oxygen atoms in total. The van der Waals surface area contributed by atoms with Crippen molar-refractivity contribution in [2.24, 2.45) is 0 Å². The first-order valence-corrected chi connectivity index (χ1v) is 6.37. The van der Waals surface area contributed by atoms with Crippen molar-refractivity contribution in [1.29, 1.82) is 0 Å². The number of halogens is 1. The van der Waals surface area contributed by atoms with E-state index in [4.69, 9.17) is 21.1 Å². The number of nitrogens with one attached hydrogen (secondary N) is 1. The molecule has 0 aliphatic carbocycles. The molecule has 0 spiro atoms. The zero-order chi connectivity index (χ0) is 13.2. The van der Waals surface area contributed by atoms with E-state index in [-0.39, 0.29) is 6.61 Å². The van der Waals surface area contributed by atoms with E-state index in [1.165, 1.54) is 0 Å². The maximum absolute atomic E-state index is 9.70. The van der Waals surface area contributed by atoms with Crippen LogP contribution in [-0.2, 0) is 4.74 Å². The number of ether oxygens (including phenoxy) is 2. The number of methoxy groups -OCH3 is 1. The summed E-state index contributed by atoms with van der Waals surface area (Å²) in [4.78, 5) is 0. The zero-order valence-electron chi connectivity index (χ0n) is 10.6. The third kappa shape index (κ3) is 6.21. The number of aliphatic hydroxyl groups excluding tert-OH is 1. The molecule has 1 rings (SSSR count). The van der Waals surface area contributed by atoms with Gasteiger partial charge in [0.05, 0.1) is 5.02 Å². The topological polar surface area (TPSA) is 50.7 Å². The van der Waals surface area contributed by atoms with E-state index in [2.05, 4.69) is 5.32 Å². The van der Waals surface area contributed by atoms with Gasteiger partial charge in [-0.15, -0.1) is 0 Å². The first-order chi connectivity index (χ1) is 8.74. The van der Waals surface area contributed by atoms with E-state index < -0.39 is 6.10 Å². The lowest BCUT2D eigenvalue weighted by Crippen LogP contribution is -2.32. The molecule has 1 unspecified atom stereocenters. The van der Waals surface area contributed by atoms with Gasteiger partial charge in [0.25, 0.3) is 0 Å². The largest absolute Gasteiger partial charge is 0.489 e. The van der Waals surface area contributed by atoms with Crippen LogP contribution in [0.4, 0.5) is 0 Å². The van der Waals surface area contributed by atoms with Gasteiger partial charge in [-0.1, -0.05) is 23.7 Å². The lowest BCUT2D eigenvalue weighted by Gasteiger charge is -2.13. The van der Waals surface area contributed by atoms with Crippen molar-refractivity contribution in [3.63, 3.8) is 0 Å². The molecule has 18 heavy (non-hydrogen) atoms. The second-order valence-electron chi connectivity index (χ2n) is 3.95. The molecule has 0 radical (unpaired) electrons. The van der Waals surface area contributed by atoms with Crippen molar-refractivity contribution in [2.75, 3.05) is 33.4 Å². The summed E-state index contributed by atoms with van der Waals surface area (Å²) in [5.74, 6) is 0.595. The van der Waals surface area contributed by atoms with E-state index in [1.807, 2.05) is 12.1 Å². The van der Waals surface area contributed by atoms with Crippen molar-refractivity contribution in [1.82, 2.24) is 5.32 Å². The molecule has 0 aromatic heterocycles. The van der Waals surface area contributed by atoms with Gasteiger partial charge in [-0.2, -0.15) is 0 Å². The molecule has 102 valence electrons. The Balaban J connectivity index is 2.13. The molecule has 0 aliphatic heterocycles. The Morgan fingerprint density at radius 1 is 1.39 bits per heavy atom. The number of aliphatic hydroxyl groups is 1. The minimum absolute atomic E-state index is 0.223. The summed E-state index contributed by atoms with van der Waals surface area (Å²) in [5.41, 5.74) is 0. The second kappa shape index (κ2) is 9.16. The Bertz CT molecular complexity index is 336. The number of rotatable bonds is 9. The quantitative estimate of drug-likeness (QED) is 0.673. The molecule has 0 saturated heterocycles. The van der Waals surface area contributed by atoms with Crippen molar-refractivity contribution >= 4 is 11.6 Å². The molecule has 0 saturated carbocycles. The summed E-state index contributed by atoms with van der Waals surface area (Å²) in [7, 11) is 1.67. The molecule has 0 amide bonds. The zero-order valence-corrected chi connectivity index (χ0v) is 11.3. The smallest absolute Gasteiger partial charge is 0.138 e. The van der Waals surface area contributed by atoms with Crippen LogP contribution in [0.25, 0.3) is 0 Å². The Kier molecular flexibility index (Phi) is 7.76. The monoisotopic (exact) mass is 273 g/mol. The second-order valence-corrected chi connectivity index (χ2v) is 4.35. The predicted molar refractivity (Wildman–Crippen MR) is 72.3 cm³/mol. The van der Waals surface area contributed by atoms with Crippen molar-refractivity contribution in [3.05, 3.63) is 29.3 Å². The average molecular weight is 274 g/mol. The minimum Gasteiger partial charge on any atom is -0.489 e. The number of benzene rings is 1. The van der Waals surface area contributed by atoms with Crippen molar-refractivity contribution in [2.45, 2.75) is 12.5 Å². The number of hydrogen-bond donors (Lipinski definition) is 2. The molecule has 5 heteroatoms. The van der Waals surface area contributed by atoms with E-state index in [9.17, 15) is 5.11 Å². The fraction of sp³-hybridized carbons (Fsp3) is 0.538. The maximum atomic E-state index is 9.70. The summed E-state index contributed by atoms with van der Waals surface area (Å²) in [6, 6.07) is 7.22. The van der Waals surface area contributed by atoms with Gasteiger partial charge in [-0.3, -0.25) is 0 Å². The molecule has 1 aromatic rings. The summed E-state index contributed by atoms with van der Waals surface area (Å²) < 4.78 is 10.4. The third-order valence-electron chi connectivity index (χ3n) is 2.35. The first kappa shape index (κ1) is 15.2. The third-order valence-corrected chi connectivity index (χ3v) is 2.66. The summed E-state index contributed by atoms with van der Waals surface area (Å²) in [6.07, 6.45) is 0.373. The summed E-state index contributed by atoms with van der Waals surface area (Å²) in [6.45, 7) is 2.26. The molecule has 0 fully saturated rings. The highest BCUT2D eigenvalue weighted by Crippen LogP contribution is 2.22. The Morgan fingerprint density at radius 3 is 2.89 bits per heavy atom. The Hall–Kier alpha value is -0.810. The Labute approximate surface area is 113 Å². The molecule has 1 aromatic carbocycles. The van der Waals surface area contributed by atoms with Crippen LogP contribution in [0.15, 0.2) is 24.3 Å². The predicted octanol–water partition coefficient (Wildman–Crippen LogP) is 1.71. The summed E-state index contributed by atoms with van der Waals surface area (Å²) in [5, 5.41) is 13.4. The van der Waals surface area contributed by atoms with E-state index >= 15 is 0 Å². The fourth-order valence-corrected chi connectivity index (χ4v) is 1.61. The van der Waals surface area contributed by atoms with Crippen LogP contribution in [0, 0.1) is 0 Å². The van der Waals surface area contributed by atoms with Gasteiger partial charge in [0.2, 0.25) is 0 Å². The lowest BCUT2D eigenvalue weighted by molar-refractivity contribution is 0.105. The molecule has 2 N–H and O–H groups in total. The van der Waals surface area contributed by atoms with Crippen LogP contribution in [-0.4, -0.2) is 44.6 Å². The normalized spacial score (nSPS) is 12.4. The van der Waals surface area contributed by atoms with Crippen LogP contribution in [0.1, 0.15) is 6.42 Å².